The van der Waals surface area contributed by atoms with Crippen LogP contribution in [0.5, 0.6) is 0 Å². The molecule has 0 unspecified atom stereocenters. The summed E-state index contributed by atoms with van der Waals surface area (Å²) in [7, 11) is 0. The van der Waals surface area contributed by atoms with Crippen LogP contribution in [0.25, 0.3) is 0 Å². The summed E-state index contributed by atoms with van der Waals surface area (Å²) in [6, 6.07) is 0. The molecular formula is C14H20O. The fraction of sp³-hybridized carbons (Fsp3) is 0.786. The van der Waals surface area contributed by atoms with E-state index in [4.69, 9.17) is 0 Å². The molecular weight excluding hydrogens is 184 g/mol. The van der Waals surface area contributed by atoms with E-state index in [9.17, 15) is 4.79 Å². The maximum Gasteiger partial charge on any atom is 0.145 e. The maximum absolute atomic E-state index is 11.1. The van der Waals surface area contributed by atoms with E-state index in [0.717, 1.165) is 24.2 Å². The van der Waals surface area contributed by atoms with Crippen LogP contribution >= 0.6 is 0 Å². The van der Waals surface area contributed by atoms with E-state index in [1.54, 1.807) is 5.57 Å². The quantitative estimate of drug-likeness (QED) is 0.597. The Labute approximate surface area is 91.9 Å². The standard InChI is InChI=1S/C14H20O/c1-13(2)11-4-3-6-14(13)7-5-10(9-15)12(14)8-11/h9,11H,3-8H2,1-2H3/t11-,14-/m1/s1. The van der Waals surface area contributed by atoms with E-state index in [1.807, 2.05) is 0 Å². The molecule has 1 spiro atoms. The van der Waals surface area contributed by atoms with Crippen LogP contribution in [0.15, 0.2) is 11.1 Å². The Bertz CT molecular complexity index is 350. The lowest BCUT2D eigenvalue weighted by Crippen LogP contribution is -2.39. The smallest absolute Gasteiger partial charge is 0.145 e. The van der Waals surface area contributed by atoms with Crippen LogP contribution in [0.1, 0.15) is 52.4 Å². The summed E-state index contributed by atoms with van der Waals surface area (Å²) in [5, 5.41) is 0. The second-order valence-corrected chi connectivity index (χ2v) is 6.22. The average Bonchev–Trinajstić information content (AvgIpc) is 2.53. The lowest BCUT2D eigenvalue weighted by atomic mass is 9.57. The second-order valence-electron chi connectivity index (χ2n) is 6.22. The molecule has 0 radical (unpaired) electrons. The van der Waals surface area contributed by atoms with Crippen LogP contribution in [0.2, 0.25) is 0 Å². The summed E-state index contributed by atoms with van der Waals surface area (Å²) in [5.74, 6) is 0.844. The average molecular weight is 204 g/mol. The van der Waals surface area contributed by atoms with E-state index in [2.05, 4.69) is 13.8 Å². The van der Waals surface area contributed by atoms with Crippen molar-refractivity contribution in [2.24, 2.45) is 16.7 Å². The number of fused-ring (bicyclic) bond motifs is 1. The van der Waals surface area contributed by atoms with E-state index < -0.39 is 0 Å². The molecule has 0 aliphatic heterocycles. The Hall–Kier alpha value is -0.590. The Balaban J connectivity index is 2.16. The minimum absolute atomic E-state index is 0.423. The minimum Gasteiger partial charge on any atom is -0.298 e. The van der Waals surface area contributed by atoms with Crippen LogP contribution in [-0.4, -0.2) is 6.29 Å². The van der Waals surface area contributed by atoms with Crippen molar-refractivity contribution in [3.05, 3.63) is 11.1 Å². The predicted molar refractivity (Wildman–Crippen MR) is 60.5 cm³/mol. The van der Waals surface area contributed by atoms with Crippen LogP contribution in [0.3, 0.4) is 0 Å². The topological polar surface area (TPSA) is 17.1 Å². The lowest BCUT2D eigenvalue weighted by molar-refractivity contribution is -0.105. The zero-order valence-electron chi connectivity index (χ0n) is 9.81. The molecule has 0 heterocycles. The summed E-state index contributed by atoms with van der Waals surface area (Å²) >= 11 is 0. The first-order chi connectivity index (χ1) is 7.12. The third kappa shape index (κ3) is 0.926. The van der Waals surface area contributed by atoms with Gasteiger partial charge in [-0.15, -0.1) is 0 Å². The third-order valence-electron chi connectivity index (χ3n) is 5.79. The van der Waals surface area contributed by atoms with Gasteiger partial charge >= 0.3 is 0 Å². The number of rotatable bonds is 1. The van der Waals surface area contributed by atoms with Crippen molar-refractivity contribution in [1.29, 1.82) is 0 Å². The second kappa shape index (κ2) is 2.75. The highest BCUT2D eigenvalue weighted by atomic mass is 16.1. The summed E-state index contributed by atoms with van der Waals surface area (Å²) in [5.41, 5.74) is 3.59. The highest BCUT2D eigenvalue weighted by molar-refractivity contribution is 5.77. The van der Waals surface area contributed by atoms with Crippen molar-refractivity contribution < 1.29 is 4.79 Å². The van der Waals surface area contributed by atoms with Gasteiger partial charge in [-0.2, -0.15) is 0 Å². The van der Waals surface area contributed by atoms with Gasteiger partial charge in [0.05, 0.1) is 0 Å². The van der Waals surface area contributed by atoms with E-state index >= 15 is 0 Å². The zero-order valence-corrected chi connectivity index (χ0v) is 9.81. The summed E-state index contributed by atoms with van der Waals surface area (Å²) in [4.78, 5) is 11.1. The van der Waals surface area contributed by atoms with Crippen LogP contribution in [0.4, 0.5) is 0 Å². The molecule has 3 rings (SSSR count). The molecule has 1 heteroatoms. The normalized spacial score (nSPS) is 41.9. The van der Waals surface area contributed by atoms with Gasteiger partial charge in [-0.3, -0.25) is 4.79 Å². The highest BCUT2D eigenvalue weighted by Gasteiger charge is 2.60. The van der Waals surface area contributed by atoms with Gasteiger partial charge < -0.3 is 0 Å². The van der Waals surface area contributed by atoms with E-state index in [-0.39, 0.29) is 0 Å². The molecule has 2 bridgehead atoms. The van der Waals surface area contributed by atoms with Crippen molar-refractivity contribution in [3.63, 3.8) is 0 Å². The van der Waals surface area contributed by atoms with Crippen molar-refractivity contribution in [1.82, 2.24) is 0 Å². The predicted octanol–water partition coefficient (Wildman–Crippen LogP) is 3.49. The third-order valence-corrected chi connectivity index (χ3v) is 5.79. The molecule has 0 amide bonds. The number of allylic oxidation sites excluding steroid dienone is 2. The summed E-state index contributed by atoms with van der Waals surface area (Å²) < 4.78 is 0. The number of aldehydes is 1. The molecule has 2 atom stereocenters. The Morgan fingerprint density at radius 3 is 2.87 bits per heavy atom. The number of carbonyl (C=O) groups excluding carboxylic acids is 1. The largest absolute Gasteiger partial charge is 0.298 e. The fourth-order valence-corrected chi connectivity index (χ4v) is 4.73. The molecule has 0 aromatic rings. The van der Waals surface area contributed by atoms with Crippen LogP contribution in [0, 0.1) is 16.7 Å². The van der Waals surface area contributed by atoms with Gasteiger partial charge in [-0.25, -0.2) is 0 Å². The molecule has 82 valence electrons. The number of hydrogen-bond acceptors (Lipinski definition) is 1. The van der Waals surface area contributed by atoms with Gasteiger partial charge in [0.25, 0.3) is 0 Å². The molecule has 2 fully saturated rings. The summed E-state index contributed by atoms with van der Waals surface area (Å²) in [6.45, 7) is 4.88. The van der Waals surface area contributed by atoms with Crippen molar-refractivity contribution in [3.8, 4) is 0 Å². The van der Waals surface area contributed by atoms with Gasteiger partial charge in [-0.1, -0.05) is 25.8 Å². The van der Waals surface area contributed by atoms with Gasteiger partial charge in [0.2, 0.25) is 0 Å². The lowest BCUT2D eigenvalue weighted by Gasteiger charge is -2.47. The monoisotopic (exact) mass is 204 g/mol. The first-order valence-corrected chi connectivity index (χ1v) is 6.29. The molecule has 15 heavy (non-hydrogen) atoms. The Kier molecular flexibility index (Phi) is 1.76. The molecule has 0 aromatic heterocycles. The zero-order chi connectivity index (χ0) is 10.7. The summed E-state index contributed by atoms with van der Waals surface area (Å²) in [6.07, 6.45) is 8.76. The SMILES string of the molecule is CC1(C)[C@@H]2CCC[C@]13CCC(C=O)=C3C2. The first-order valence-electron chi connectivity index (χ1n) is 6.29. The number of carbonyl (C=O) groups is 1. The van der Waals surface area contributed by atoms with Gasteiger partial charge in [0.1, 0.15) is 6.29 Å². The van der Waals surface area contributed by atoms with Gasteiger partial charge in [0.15, 0.2) is 0 Å². The Morgan fingerprint density at radius 2 is 2.13 bits per heavy atom. The first kappa shape index (κ1) is 9.62. The van der Waals surface area contributed by atoms with Crippen molar-refractivity contribution >= 4 is 6.29 Å². The van der Waals surface area contributed by atoms with Crippen LogP contribution < -0.4 is 0 Å². The van der Waals surface area contributed by atoms with E-state index in [1.165, 1.54) is 32.1 Å². The molecule has 3 aliphatic rings. The molecule has 0 saturated heterocycles. The molecule has 0 aromatic carbocycles. The molecule has 3 aliphatic carbocycles. The van der Waals surface area contributed by atoms with Crippen molar-refractivity contribution in [2.45, 2.75) is 52.4 Å². The Morgan fingerprint density at radius 1 is 1.33 bits per heavy atom. The van der Waals surface area contributed by atoms with Gasteiger partial charge in [-0.05, 0) is 54.4 Å². The number of hydrogen-bond donors (Lipinski definition) is 0. The molecule has 0 N–H and O–H groups in total. The van der Waals surface area contributed by atoms with Gasteiger partial charge in [0, 0.05) is 0 Å². The molecule has 1 nitrogen and oxygen atoms in total. The van der Waals surface area contributed by atoms with Crippen molar-refractivity contribution in [2.75, 3.05) is 0 Å². The van der Waals surface area contributed by atoms with E-state index in [0.29, 0.717) is 10.8 Å². The maximum atomic E-state index is 11.1. The van der Waals surface area contributed by atoms with Crippen LogP contribution in [-0.2, 0) is 4.79 Å². The fourth-order valence-electron chi connectivity index (χ4n) is 4.73. The molecule has 2 saturated carbocycles. The minimum atomic E-state index is 0.423. The highest BCUT2D eigenvalue weighted by Crippen LogP contribution is 2.70.